The maximum atomic E-state index is 13.3. The van der Waals surface area contributed by atoms with Crippen LogP contribution in [0.15, 0.2) is 59.8 Å². The first-order valence-corrected chi connectivity index (χ1v) is 9.30. The Bertz CT molecular complexity index is 1120. The fourth-order valence-electron chi connectivity index (χ4n) is 3.82. The smallest absolute Gasteiger partial charge is 0.317 e. The van der Waals surface area contributed by atoms with Gasteiger partial charge < -0.3 is 19.4 Å². The van der Waals surface area contributed by atoms with Crippen molar-refractivity contribution >= 4 is 11.7 Å². The number of hydrogen-bond donors (Lipinski definition) is 1. The highest BCUT2D eigenvalue weighted by Gasteiger charge is 2.51. The lowest BCUT2D eigenvalue weighted by atomic mass is 9.74. The Morgan fingerprint density at radius 2 is 1.93 bits per heavy atom. The Morgan fingerprint density at radius 3 is 2.62 bits per heavy atom. The number of nitrogens with zero attached hydrogens (tertiary/aromatic N) is 4. The normalized spacial score (nSPS) is 17.7. The number of carbonyl (C=O) groups excluding carboxylic acids is 1. The fourth-order valence-corrected chi connectivity index (χ4v) is 3.82. The van der Waals surface area contributed by atoms with Gasteiger partial charge in [-0.3, -0.25) is 4.79 Å². The lowest BCUT2D eigenvalue weighted by Crippen LogP contribution is -2.59. The molecule has 1 unspecified atom stereocenters. The zero-order valence-electron chi connectivity index (χ0n) is 16.5. The van der Waals surface area contributed by atoms with Crippen molar-refractivity contribution in [2.45, 2.75) is 19.9 Å². The van der Waals surface area contributed by atoms with Crippen LogP contribution in [0.2, 0.25) is 0 Å². The molecule has 1 saturated heterocycles. The van der Waals surface area contributed by atoms with Crippen molar-refractivity contribution in [3.05, 3.63) is 77.0 Å². The van der Waals surface area contributed by atoms with E-state index in [0.717, 1.165) is 5.69 Å². The molecule has 1 aromatic carbocycles. The fraction of sp³-hybridized carbons (Fsp3) is 0.286. The number of aromatic nitrogens is 3. The van der Waals surface area contributed by atoms with Crippen LogP contribution in [-0.2, 0) is 7.05 Å². The van der Waals surface area contributed by atoms with E-state index in [4.69, 9.17) is 0 Å². The van der Waals surface area contributed by atoms with E-state index in [9.17, 15) is 14.0 Å². The molecular formula is C21H22FN5O2. The third-order valence-corrected chi connectivity index (χ3v) is 5.27. The zero-order valence-corrected chi connectivity index (χ0v) is 16.5. The summed E-state index contributed by atoms with van der Waals surface area (Å²) in [7, 11) is 1.63. The maximum absolute atomic E-state index is 13.3. The molecule has 0 radical (unpaired) electrons. The molecule has 4 rings (SSSR count). The Labute approximate surface area is 167 Å². The van der Waals surface area contributed by atoms with Crippen molar-refractivity contribution < 1.29 is 9.18 Å². The van der Waals surface area contributed by atoms with Crippen molar-refractivity contribution in [2.24, 2.45) is 12.5 Å². The van der Waals surface area contributed by atoms with E-state index in [2.05, 4.69) is 24.1 Å². The number of halogens is 1. The average molecular weight is 395 g/mol. The number of benzene rings is 1. The molecular weight excluding hydrogens is 373 g/mol. The molecule has 1 N–H and O–H groups in total. The minimum atomic E-state index is -0.355. The van der Waals surface area contributed by atoms with Gasteiger partial charge in [0.15, 0.2) is 0 Å². The number of imidazole rings is 1. The van der Waals surface area contributed by atoms with Gasteiger partial charge in [-0.05, 0) is 36.4 Å². The lowest BCUT2D eigenvalue weighted by molar-refractivity contribution is -0.0175. The largest absolute Gasteiger partial charge is 0.322 e. The Morgan fingerprint density at radius 1 is 1.21 bits per heavy atom. The van der Waals surface area contributed by atoms with E-state index in [1.807, 2.05) is 4.57 Å². The monoisotopic (exact) mass is 395 g/mol. The molecule has 0 aliphatic carbocycles. The number of likely N-dealkylation sites (tertiary alicyclic amines) is 1. The van der Waals surface area contributed by atoms with Crippen LogP contribution in [0.1, 0.15) is 25.7 Å². The molecule has 7 nitrogen and oxygen atoms in total. The zero-order chi connectivity index (χ0) is 20.8. The molecule has 1 aliphatic heterocycles. The topological polar surface area (TPSA) is 72.2 Å². The van der Waals surface area contributed by atoms with Crippen molar-refractivity contribution in [1.82, 2.24) is 19.0 Å². The molecule has 1 fully saturated rings. The summed E-state index contributed by atoms with van der Waals surface area (Å²) in [5, 5.41) is 2.72. The summed E-state index contributed by atoms with van der Waals surface area (Å²) in [6.45, 7) is 4.65. The van der Waals surface area contributed by atoms with Crippen molar-refractivity contribution in [3.63, 3.8) is 0 Å². The van der Waals surface area contributed by atoms with E-state index < -0.39 is 0 Å². The lowest BCUT2D eigenvalue weighted by Gasteiger charge is -2.53. The van der Waals surface area contributed by atoms with Gasteiger partial charge in [-0.1, -0.05) is 13.8 Å². The number of rotatable bonds is 3. The molecule has 2 amide bonds. The van der Waals surface area contributed by atoms with Gasteiger partial charge >= 0.3 is 6.03 Å². The number of amides is 2. The third kappa shape index (κ3) is 3.30. The average Bonchev–Trinajstić information content (AvgIpc) is 3.13. The van der Waals surface area contributed by atoms with E-state index in [1.54, 1.807) is 54.8 Å². The summed E-state index contributed by atoms with van der Waals surface area (Å²) < 4.78 is 16.6. The highest BCUT2D eigenvalue weighted by Crippen LogP contribution is 2.48. The van der Waals surface area contributed by atoms with Crippen LogP contribution in [0.5, 0.6) is 0 Å². The molecule has 0 spiro atoms. The molecule has 3 heterocycles. The minimum Gasteiger partial charge on any atom is -0.317 e. The van der Waals surface area contributed by atoms with Crippen molar-refractivity contribution in [2.75, 3.05) is 11.9 Å². The van der Waals surface area contributed by atoms with E-state index in [0.29, 0.717) is 12.4 Å². The molecule has 0 bridgehead atoms. The highest BCUT2D eigenvalue weighted by atomic mass is 19.1. The van der Waals surface area contributed by atoms with Crippen LogP contribution in [0, 0.1) is 11.2 Å². The summed E-state index contributed by atoms with van der Waals surface area (Å²) in [6, 6.07) is 8.76. The second kappa shape index (κ2) is 6.88. The van der Waals surface area contributed by atoms with Gasteiger partial charge in [0, 0.05) is 43.3 Å². The second-order valence-electron chi connectivity index (χ2n) is 7.92. The Kier molecular flexibility index (Phi) is 4.49. The van der Waals surface area contributed by atoms with Crippen LogP contribution in [-0.4, -0.2) is 31.6 Å². The number of urea groups is 1. The van der Waals surface area contributed by atoms with Crippen LogP contribution in [0.4, 0.5) is 14.9 Å². The highest BCUT2D eigenvalue weighted by molar-refractivity contribution is 5.90. The maximum Gasteiger partial charge on any atom is 0.322 e. The van der Waals surface area contributed by atoms with E-state index >= 15 is 0 Å². The summed E-state index contributed by atoms with van der Waals surface area (Å²) in [6.07, 6.45) is 5.09. The van der Waals surface area contributed by atoms with Crippen LogP contribution in [0.25, 0.3) is 5.69 Å². The van der Waals surface area contributed by atoms with Gasteiger partial charge in [-0.25, -0.2) is 14.2 Å². The Hall–Kier alpha value is -3.42. The van der Waals surface area contributed by atoms with Crippen LogP contribution >= 0.6 is 0 Å². The predicted molar refractivity (Wildman–Crippen MR) is 107 cm³/mol. The first kappa shape index (κ1) is 18.9. The number of anilines is 1. The summed E-state index contributed by atoms with van der Waals surface area (Å²) in [5.74, 6) is 0.369. The summed E-state index contributed by atoms with van der Waals surface area (Å²) in [4.78, 5) is 31.3. The van der Waals surface area contributed by atoms with E-state index in [1.165, 1.54) is 16.7 Å². The summed E-state index contributed by atoms with van der Waals surface area (Å²) in [5.41, 5.74) is 0.511. The number of nitrogens with one attached hydrogen (secondary N) is 1. The minimum absolute atomic E-state index is 0.206. The van der Waals surface area contributed by atoms with Gasteiger partial charge in [0.2, 0.25) is 0 Å². The standard InChI is InChI=1S/C21H22FN5O2/c1-21(2)13-27(20(29)24-16-5-4-11-25(3)19(16)28)17(21)18-23-10-12-26(18)15-8-6-14(22)7-9-15/h4-12,17H,13H2,1-3H3,(H,24,29). The number of hydrogen-bond acceptors (Lipinski definition) is 3. The SMILES string of the molecule is Cn1cccc(NC(=O)N2CC(C)(C)C2c2nccn2-c2ccc(F)cc2)c1=O. The second-order valence-corrected chi connectivity index (χ2v) is 7.92. The molecule has 1 aliphatic rings. The first-order valence-electron chi connectivity index (χ1n) is 9.30. The molecule has 0 saturated carbocycles. The van der Waals surface area contributed by atoms with Gasteiger partial charge in [0.25, 0.3) is 5.56 Å². The number of aryl methyl sites for hydroxylation is 1. The van der Waals surface area contributed by atoms with Gasteiger partial charge in [0.05, 0.1) is 6.04 Å². The molecule has 2 aromatic heterocycles. The van der Waals surface area contributed by atoms with E-state index in [-0.39, 0.29) is 34.6 Å². The predicted octanol–water partition coefficient (Wildman–Crippen LogP) is 3.33. The van der Waals surface area contributed by atoms with Gasteiger partial charge in [0.1, 0.15) is 17.3 Å². The first-order chi connectivity index (χ1) is 13.8. The third-order valence-electron chi connectivity index (χ3n) is 5.27. The number of carbonyl (C=O) groups is 1. The van der Waals surface area contributed by atoms with Crippen LogP contribution < -0.4 is 10.9 Å². The Balaban J connectivity index is 1.64. The molecule has 3 aromatic rings. The van der Waals surface area contributed by atoms with Gasteiger partial charge in [-0.2, -0.15) is 0 Å². The summed E-state index contributed by atoms with van der Waals surface area (Å²) >= 11 is 0. The van der Waals surface area contributed by atoms with Crippen LogP contribution in [0.3, 0.4) is 0 Å². The number of pyridine rings is 1. The molecule has 29 heavy (non-hydrogen) atoms. The molecule has 8 heteroatoms. The van der Waals surface area contributed by atoms with Crippen molar-refractivity contribution in [3.8, 4) is 5.69 Å². The molecule has 1 atom stereocenters. The molecule has 150 valence electrons. The quantitative estimate of drug-likeness (QED) is 0.739. The van der Waals surface area contributed by atoms with Crippen molar-refractivity contribution in [1.29, 1.82) is 0 Å². The van der Waals surface area contributed by atoms with Gasteiger partial charge in [-0.15, -0.1) is 0 Å².